The zero-order chi connectivity index (χ0) is 27.5. The van der Waals surface area contributed by atoms with E-state index >= 15 is 0 Å². The molecule has 0 amide bonds. The lowest BCUT2D eigenvalue weighted by molar-refractivity contribution is -0.138. The molecule has 6 nitrogen and oxygen atoms in total. The van der Waals surface area contributed by atoms with E-state index < -0.39 is 12.0 Å². The van der Waals surface area contributed by atoms with Crippen molar-refractivity contribution in [3.63, 3.8) is 0 Å². The third kappa shape index (κ3) is 7.72. The summed E-state index contributed by atoms with van der Waals surface area (Å²) in [6.45, 7) is 7.28. The number of hydrogen-bond donors (Lipinski definition) is 2. The second kappa shape index (κ2) is 13.8. The van der Waals surface area contributed by atoms with Gasteiger partial charge in [0.05, 0.1) is 5.70 Å². The number of ether oxygens (including phenoxy) is 1. The smallest absolute Gasteiger partial charge is 0.326 e. The fourth-order valence-electron chi connectivity index (χ4n) is 4.37. The van der Waals surface area contributed by atoms with Crippen LogP contribution in [0.25, 0.3) is 16.8 Å². The number of carboxylic acid groups (broad SMARTS) is 1. The molecule has 39 heavy (non-hydrogen) atoms. The Bertz CT molecular complexity index is 1320. The summed E-state index contributed by atoms with van der Waals surface area (Å²) >= 11 is 0. The van der Waals surface area contributed by atoms with E-state index in [9.17, 15) is 9.90 Å². The first-order valence-electron chi connectivity index (χ1n) is 13.0. The van der Waals surface area contributed by atoms with E-state index in [1.165, 1.54) is 5.56 Å². The lowest BCUT2D eigenvalue weighted by Gasteiger charge is -2.30. The highest BCUT2D eigenvalue weighted by Crippen LogP contribution is 2.22. The third-order valence-corrected chi connectivity index (χ3v) is 6.43. The van der Waals surface area contributed by atoms with Crippen molar-refractivity contribution in [3.05, 3.63) is 127 Å². The van der Waals surface area contributed by atoms with Gasteiger partial charge in [-0.2, -0.15) is 0 Å². The minimum Gasteiger partial charge on any atom is -0.491 e. The molecule has 0 aliphatic rings. The number of carboxylic acids is 1. The lowest BCUT2D eigenvalue weighted by atomic mass is 10.0. The maximum absolute atomic E-state index is 12.1. The molecular weight excluding hydrogens is 488 g/mol. The van der Waals surface area contributed by atoms with E-state index in [-0.39, 0.29) is 0 Å². The predicted molar refractivity (Wildman–Crippen MR) is 157 cm³/mol. The van der Waals surface area contributed by atoms with E-state index in [1.54, 1.807) is 0 Å². The summed E-state index contributed by atoms with van der Waals surface area (Å²) in [5.74, 6) is -0.153. The predicted octanol–water partition coefficient (Wildman–Crippen LogP) is 6.45. The molecule has 0 spiro atoms. The summed E-state index contributed by atoms with van der Waals surface area (Å²) in [4.78, 5) is 19.5. The van der Waals surface area contributed by atoms with Gasteiger partial charge in [0.15, 0.2) is 0 Å². The Kier molecular flexibility index (Phi) is 9.75. The van der Waals surface area contributed by atoms with Crippen LogP contribution in [0.2, 0.25) is 0 Å². The van der Waals surface area contributed by atoms with Crippen LogP contribution in [0.15, 0.2) is 116 Å². The maximum atomic E-state index is 12.1. The van der Waals surface area contributed by atoms with Crippen LogP contribution in [-0.4, -0.2) is 36.9 Å². The third-order valence-electron chi connectivity index (χ3n) is 6.43. The zero-order valence-electron chi connectivity index (χ0n) is 22.1. The monoisotopic (exact) mass is 522 g/mol. The fraction of sp³-hybridized carbons (Fsp3) is 0.182. The molecule has 0 aliphatic carbocycles. The molecule has 1 atom stereocenters. The molecule has 0 aromatic heterocycles. The Morgan fingerprint density at radius 3 is 2.08 bits per heavy atom. The molecule has 200 valence electrons. The number of carbonyl (C=O) groups is 1. The second-order valence-electron chi connectivity index (χ2n) is 9.04. The molecule has 0 saturated heterocycles. The molecule has 0 fully saturated rings. The number of nitrogens with one attached hydrogen (secondary N) is 1. The number of aliphatic carboxylic acids is 1. The van der Waals surface area contributed by atoms with Crippen LogP contribution in [0.1, 0.15) is 18.1 Å². The number of para-hydroxylation sites is 1. The molecule has 0 heterocycles. The molecule has 4 aromatic carbocycles. The molecule has 1 unspecified atom stereocenters. The highest BCUT2D eigenvalue weighted by molar-refractivity contribution is 5.78. The molecule has 0 aliphatic heterocycles. The minimum absolute atomic E-state index is 0.326. The van der Waals surface area contributed by atoms with E-state index in [0.29, 0.717) is 37.6 Å². The summed E-state index contributed by atoms with van der Waals surface area (Å²) in [6, 6.07) is 34.8. The van der Waals surface area contributed by atoms with Crippen LogP contribution in [0, 0.1) is 0 Å². The SMILES string of the molecule is C=C(NOCCOc1ccc(CC(C(=O)O)N(CC)c2ccccc2)cc1)c1ccc(-c2ccccc2)cc1. The molecule has 2 N–H and O–H groups in total. The normalized spacial score (nSPS) is 11.4. The molecule has 0 saturated carbocycles. The first-order valence-corrected chi connectivity index (χ1v) is 13.0. The summed E-state index contributed by atoms with van der Waals surface area (Å²) in [5.41, 5.74) is 8.63. The van der Waals surface area contributed by atoms with Crippen molar-refractivity contribution < 1.29 is 19.5 Å². The second-order valence-corrected chi connectivity index (χ2v) is 9.04. The van der Waals surface area contributed by atoms with Gasteiger partial charge in [-0.05, 0) is 53.4 Å². The van der Waals surface area contributed by atoms with E-state index in [0.717, 1.165) is 22.4 Å². The van der Waals surface area contributed by atoms with Crippen LogP contribution in [-0.2, 0) is 16.1 Å². The van der Waals surface area contributed by atoms with Crippen molar-refractivity contribution in [3.8, 4) is 16.9 Å². The zero-order valence-corrected chi connectivity index (χ0v) is 22.1. The van der Waals surface area contributed by atoms with Crippen LogP contribution >= 0.6 is 0 Å². The Hall–Kier alpha value is -4.55. The lowest BCUT2D eigenvalue weighted by Crippen LogP contribution is -2.42. The van der Waals surface area contributed by atoms with E-state index in [2.05, 4.69) is 36.3 Å². The number of nitrogens with zero attached hydrogens (tertiary/aromatic N) is 1. The number of benzene rings is 4. The van der Waals surface area contributed by atoms with Crippen molar-refractivity contribution in [1.82, 2.24) is 5.48 Å². The van der Waals surface area contributed by atoms with Crippen molar-refractivity contribution in [2.75, 3.05) is 24.7 Å². The number of hydroxylamine groups is 1. The van der Waals surface area contributed by atoms with Gasteiger partial charge in [-0.25, -0.2) is 4.79 Å². The largest absolute Gasteiger partial charge is 0.491 e. The first kappa shape index (κ1) is 27.5. The van der Waals surface area contributed by atoms with E-state index in [1.807, 2.05) is 96.8 Å². The topological polar surface area (TPSA) is 71.0 Å². The highest BCUT2D eigenvalue weighted by atomic mass is 16.7. The van der Waals surface area contributed by atoms with Gasteiger partial charge in [0.25, 0.3) is 0 Å². The van der Waals surface area contributed by atoms with Crippen LogP contribution in [0.5, 0.6) is 5.75 Å². The molecule has 0 radical (unpaired) electrons. The van der Waals surface area contributed by atoms with Gasteiger partial charge < -0.3 is 14.7 Å². The molecule has 4 aromatic rings. The van der Waals surface area contributed by atoms with Gasteiger partial charge in [0, 0.05) is 18.7 Å². The Balaban J connectivity index is 1.21. The number of anilines is 1. The average molecular weight is 523 g/mol. The van der Waals surface area contributed by atoms with Crippen LogP contribution in [0.4, 0.5) is 5.69 Å². The average Bonchev–Trinajstić information content (AvgIpc) is 2.98. The van der Waals surface area contributed by atoms with Crippen molar-refractivity contribution in [1.29, 1.82) is 0 Å². The molecule has 6 heteroatoms. The fourth-order valence-corrected chi connectivity index (χ4v) is 4.37. The first-order chi connectivity index (χ1) is 19.0. The standard InChI is InChI=1S/C33H34N2O4/c1-3-35(30-12-8-5-9-13-30)32(33(36)37)24-26-14-20-31(21-15-26)38-22-23-39-34-25(2)27-16-18-29(19-17-27)28-10-6-4-7-11-28/h4-21,32,34H,2-3,22-24H2,1H3,(H,36,37). The quantitative estimate of drug-likeness (QED) is 0.147. The summed E-state index contributed by atoms with van der Waals surface area (Å²) < 4.78 is 5.78. The molecular formula is C33H34N2O4. The van der Waals surface area contributed by atoms with Gasteiger partial charge in [-0.3, -0.25) is 10.3 Å². The van der Waals surface area contributed by atoms with Crippen LogP contribution < -0.4 is 15.1 Å². The van der Waals surface area contributed by atoms with Gasteiger partial charge >= 0.3 is 5.97 Å². The Morgan fingerprint density at radius 1 is 0.846 bits per heavy atom. The van der Waals surface area contributed by atoms with Crippen molar-refractivity contribution in [2.24, 2.45) is 0 Å². The Labute approximate surface area is 230 Å². The van der Waals surface area contributed by atoms with Crippen molar-refractivity contribution in [2.45, 2.75) is 19.4 Å². The summed E-state index contributed by atoms with van der Waals surface area (Å²) in [6.07, 6.45) is 0.389. The number of hydrogen-bond acceptors (Lipinski definition) is 5. The molecule has 0 bridgehead atoms. The van der Waals surface area contributed by atoms with E-state index in [4.69, 9.17) is 9.57 Å². The Morgan fingerprint density at radius 2 is 1.46 bits per heavy atom. The molecule has 4 rings (SSSR count). The maximum Gasteiger partial charge on any atom is 0.326 e. The summed E-state index contributed by atoms with van der Waals surface area (Å²) in [5, 5.41) is 9.90. The van der Waals surface area contributed by atoms with Gasteiger partial charge in [0.2, 0.25) is 0 Å². The van der Waals surface area contributed by atoms with Crippen LogP contribution in [0.3, 0.4) is 0 Å². The van der Waals surface area contributed by atoms with Gasteiger partial charge in [-0.1, -0.05) is 91.5 Å². The van der Waals surface area contributed by atoms with Gasteiger partial charge in [-0.15, -0.1) is 0 Å². The number of rotatable bonds is 14. The number of likely N-dealkylation sites (N-methyl/N-ethyl adjacent to an activating group) is 1. The van der Waals surface area contributed by atoms with Crippen molar-refractivity contribution >= 4 is 17.4 Å². The summed E-state index contributed by atoms with van der Waals surface area (Å²) in [7, 11) is 0. The highest BCUT2D eigenvalue weighted by Gasteiger charge is 2.25. The minimum atomic E-state index is -0.848. The van der Waals surface area contributed by atoms with Gasteiger partial charge in [0.1, 0.15) is 25.0 Å².